The summed E-state index contributed by atoms with van der Waals surface area (Å²) in [5.41, 5.74) is 0. The van der Waals surface area contributed by atoms with Crippen molar-refractivity contribution >= 4 is 14.8 Å². The highest BCUT2D eigenvalue weighted by Gasteiger charge is 2.39. The van der Waals surface area contributed by atoms with Crippen molar-refractivity contribution in [3.8, 4) is 0 Å². The first-order valence-corrected chi connectivity index (χ1v) is 8.72. The van der Waals surface area contributed by atoms with Gasteiger partial charge in [-0.05, 0) is 20.3 Å². The van der Waals surface area contributed by atoms with E-state index >= 15 is 0 Å². The molecule has 0 aliphatic carbocycles. The molecule has 0 rings (SSSR count). The minimum atomic E-state index is -2.76. The first-order chi connectivity index (χ1) is 7.99. The Labute approximate surface area is 106 Å². The third kappa shape index (κ3) is 6.80. The molecule has 0 aliphatic heterocycles. The molecule has 102 valence electrons. The molecule has 1 atom stereocenters. The Bertz CT molecular complexity index is 215. The van der Waals surface area contributed by atoms with Crippen LogP contribution >= 0.6 is 0 Å². The van der Waals surface area contributed by atoms with E-state index in [0.717, 1.165) is 19.3 Å². The molecule has 0 aromatic carbocycles. The maximum atomic E-state index is 11.9. The number of carbonyl (C=O) groups excluding carboxylic acids is 1. The van der Waals surface area contributed by atoms with E-state index in [2.05, 4.69) is 6.92 Å². The Balaban J connectivity index is 4.28. The monoisotopic (exact) mass is 262 g/mol. The molecule has 0 saturated heterocycles. The van der Waals surface area contributed by atoms with Crippen LogP contribution in [0.15, 0.2) is 0 Å². The SMILES string of the molecule is CCCCC(C)C(=O)O[Si](C)(OCC)OCC. The van der Waals surface area contributed by atoms with Crippen molar-refractivity contribution < 1.29 is 18.1 Å². The van der Waals surface area contributed by atoms with Crippen molar-refractivity contribution in [2.45, 2.75) is 53.5 Å². The lowest BCUT2D eigenvalue weighted by Gasteiger charge is -2.25. The molecule has 1 unspecified atom stereocenters. The van der Waals surface area contributed by atoms with Gasteiger partial charge in [0.15, 0.2) is 0 Å². The zero-order valence-corrected chi connectivity index (χ0v) is 12.7. The van der Waals surface area contributed by atoms with Gasteiger partial charge in [0.25, 0.3) is 5.97 Å². The van der Waals surface area contributed by atoms with Gasteiger partial charge in [0, 0.05) is 19.8 Å². The molecule has 0 fully saturated rings. The highest BCUT2D eigenvalue weighted by atomic mass is 28.4. The summed E-state index contributed by atoms with van der Waals surface area (Å²) < 4.78 is 16.4. The molecule has 0 amide bonds. The highest BCUT2D eigenvalue weighted by molar-refractivity contribution is 6.60. The molecular formula is C12H26O4Si. The van der Waals surface area contributed by atoms with Crippen LogP contribution in [0.2, 0.25) is 6.55 Å². The second-order valence-corrected chi connectivity index (χ2v) is 6.70. The lowest BCUT2D eigenvalue weighted by Crippen LogP contribution is -2.45. The minimum Gasteiger partial charge on any atom is -0.473 e. The third-order valence-electron chi connectivity index (χ3n) is 2.49. The smallest absolute Gasteiger partial charge is 0.473 e. The van der Waals surface area contributed by atoms with Crippen LogP contribution < -0.4 is 0 Å². The quantitative estimate of drug-likeness (QED) is 0.599. The van der Waals surface area contributed by atoms with Gasteiger partial charge in [-0.15, -0.1) is 0 Å². The molecule has 0 saturated carbocycles. The summed E-state index contributed by atoms with van der Waals surface area (Å²) in [6, 6.07) is 0. The van der Waals surface area contributed by atoms with Crippen LogP contribution in [0, 0.1) is 5.92 Å². The standard InChI is InChI=1S/C12H26O4Si/c1-6-9-10-11(4)12(13)16-17(5,14-7-2)15-8-3/h11H,6-10H2,1-5H3. The van der Waals surface area contributed by atoms with Gasteiger partial charge in [0.05, 0.1) is 5.92 Å². The van der Waals surface area contributed by atoms with E-state index in [1.54, 1.807) is 6.55 Å². The minimum absolute atomic E-state index is 0.0808. The van der Waals surface area contributed by atoms with Crippen LogP contribution in [0.4, 0.5) is 0 Å². The Morgan fingerprint density at radius 1 is 1.18 bits per heavy atom. The third-order valence-corrected chi connectivity index (χ3v) is 4.69. The first kappa shape index (κ1) is 16.6. The van der Waals surface area contributed by atoms with Crippen LogP contribution in [0.5, 0.6) is 0 Å². The molecule has 0 spiro atoms. The lowest BCUT2D eigenvalue weighted by molar-refractivity contribution is -0.143. The molecule has 0 radical (unpaired) electrons. The summed E-state index contributed by atoms with van der Waals surface area (Å²) in [5.74, 6) is -0.280. The number of hydrogen-bond donors (Lipinski definition) is 0. The predicted octanol–water partition coefficient (Wildman–Crippen LogP) is 3.00. The van der Waals surface area contributed by atoms with E-state index in [1.165, 1.54) is 0 Å². The van der Waals surface area contributed by atoms with Crippen LogP contribution in [0.3, 0.4) is 0 Å². The summed E-state index contributed by atoms with van der Waals surface area (Å²) in [5, 5.41) is 0. The van der Waals surface area contributed by atoms with Crippen LogP contribution in [0.25, 0.3) is 0 Å². The molecule has 4 nitrogen and oxygen atoms in total. The average Bonchev–Trinajstić information content (AvgIpc) is 2.26. The van der Waals surface area contributed by atoms with Crippen LogP contribution in [0.1, 0.15) is 47.0 Å². The van der Waals surface area contributed by atoms with Gasteiger partial charge < -0.3 is 13.3 Å². The zero-order chi connectivity index (χ0) is 13.3. The van der Waals surface area contributed by atoms with Crippen molar-refractivity contribution in [3.05, 3.63) is 0 Å². The topological polar surface area (TPSA) is 44.8 Å². The molecular weight excluding hydrogens is 236 g/mol. The van der Waals surface area contributed by atoms with Crippen molar-refractivity contribution in [2.24, 2.45) is 5.92 Å². The Hall–Kier alpha value is -0.393. The van der Waals surface area contributed by atoms with Gasteiger partial charge in [-0.2, -0.15) is 0 Å². The summed E-state index contributed by atoms with van der Waals surface area (Å²) >= 11 is 0. The van der Waals surface area contributed by atoms with Crippen molar-refractivity contribution in [2.75, 3.05) is 13.2 Å². The van der Waals surface area contributed by atoms with E-state index in [4.69, 9.17) is 13.3 Å². The number of carbonyl (C=O) groups is 1. The maximum Gasteiger partial charge on any atom is 0.564 e. The summed E-state index contributed by atoms with van der Waals surface area (Å²) in [6.45, 7) is 10.5. The van der Waals surface area contributed by atoms with E-state index in [9.17, 15) is 4.79 Å². The van der Waals surface area contributed by atoms with E-state index < -0.39 is 8.80 Å². The molecule has 17 heavy (non-hydrogen) atoms. The van der Waals surface area contributed by atoms with Crippen molar-refractivity contribution in [1.82, 2.24) is 0 Å². The van der Waals surface area contributed by atoms with E-state index in [1.807, 2.05) is 20.8 Å². The van der Waals surface area contributed by atoms with Crippen molar-refractivity contribution in [1.29, 1.82) is 0 Å². The maximum absolute atomic E-state index is 11.9. The second kappa shape index (κ2) is 8.66. The Morgan fingerprint density at radius 3 is 2.12 bits per heavy atom. The van der Waals surface area contributed by atoms with Gasteiger partial charge >= 0.3 is 8.80 Å². The molecule has 0 bridgehead atoms. The molecule has 0 aliphatic rings. The summed E-state index contributed by atoms with van der Waals surface area (Å²) in [7, 11) is -2.76. The van der Waals surface area contributed by atoms with Gasteiger partial charge in [-0.1, -0.05) is 26.7 Å². The fourth-order valence-corrected chi connectivity index (χ4v) is 3.35. The molecule has 0 aromatic rings. The number of rotatable bonds is 9. The first-order valence-electron chi connectivity index (χ1n) is 6.49. The Morgan fingerprint density at radius 2 is 1.71 bits per heavy atom. The van der Waals surface area contributed by atoms with Crippen LogP contribution in [-0.2, 0) is 18.1 Å². The fraction of sp³-hybridized carbons (Fsp3) is 0.917. The molecule has 0 heterocycles. The highest BCUT2D eigenvalue weighted by Crippen LogP contribution is 2.15. The summed E-state index contributed by atoms with van der Waals surface area (Å²) in [6.07, 6.45) is 2.99. The fourth-order valence-electron chi connectivity index (χ4n) is 1.54. The Kier molecular flexibility index (Phi) is 8.46. The molecule has 0 aromatic heterocycles. The number of unbranched alkanes of at least 4 members (excludes halogenated alkanes) is 1. The van der Waals surface area contributed by atoms with Gasteiger partial charge in [-0.25, -0.2) is 0 Å². The van der Waals surface area contributed by atoms with E-state index in [-0.39, 0.29) is 11.9 Å². The predicted molar refractivity (Wildman–Crippen MR) is 69.7 cm³/mol. The van der Waals surface area contributed by atoms with E-state index in [0.29, 0.717) is 13.2 Å². The molecule has 0 N–H and O–H groups in total. The normalized spacial score (nSPS) is 13.5. The van der Waals surface area contributed by atoms with Gasteiger partial charge in [-0.3, -0.25) is 4.79 Å². The lowest BCUT2D eigenvalue weighted by atomic mass is 10.1. The molecule has 5 heteroatoms. The van der Waals surface area contributed by atoms with Crippen molar-refractivity contribution in [3.63, 3.8) is 0 Å². The second-order valence-electron chi connectivity index (χ2n) is 4.19. The zero-order valence-electron chi connectivity index (χ0n) is 11.7. The average molecular weight is 262 g/mol. The van der Waals surface area contributed by atoms with Gasteiger partial charge in [0.2, 0.25) is 0 Å². The van der Waals surface area contributed by atoms with Crippen LogP contribution in [-0.4, -0.2) is 28.0 Å². The summed E-state index contributed by atoms with van der Waals surface area (Å²) in [4.78, 5) is 11.9. The number of hydrogen-bond acceptors (Lipinski definition) is 4. The largest absolute Gasteiger partial charge is 0.564 e. The van der Waals surface area contributed by atoms with Gasteiger partial charge in [0.1, 0.15) is 0 Å².